The molecule has 1 N–H and O–H groups in total. The van der Waals surface area contributed by atoms with Crippen molar-refractivity contribution >= 4 is 9.84 Å². The number of hydrogen-bond acceptors (Lipinski definition) is 5. The highest BCUT2D eigenvalue weighted by molar-refractivity contribution is 7.90. The molecule has 0 amide bonds. The third-order valence-corrected chi connectivity index (χ3v) is 5.82. The van der Waals surface area contributed by atoms with E-state index in [1.54, 1.807) is 0 Å². The molecular weight excluding hydrogens is 324 g/mol. The molecule has 0 spiro atoms. The lowest BCUT2D eigenvalue weighted by molar-refractivity contribution is 0.164. The number of H-pyrrole nitrogens is 1. The van der Waals surface area contributed by atoms with Crippen molar-refractivity contribution in [1.82, 2.24) is 20.1 Å². The molecule has 2 aromatic heterocycles. The molecule has 3 heterocycles. The number of sulfone groups is 1. The first-order valence-electron chi connectivity index (χ1n) is 8.28. The molecule has 0 saturated carbocycles. The number of aromatic amines is 1. The molecule has 0 aliphatic carbocycles. The van der Waals surface area contributed by atoms with E-state index in [4.69, 9.17) is 0 Å². The minimum Gasteiger partial charge on any atom is -0.297 e. The summed E-state index contributed by atoms with van der Waals surface area (Å²) in [5, 5.41) is 6.80. The van der Waals surface area contributed by atoms with E-state index in [2.05, 4.69) is 33.1 Å². The first-order chi connectivity index (χ1) is 11.4. The first-order valence-corrected chi connectivity index (χ1v) is 10.2. The molecule has 130 valence electrons. The van der Waals surface area contributed by atoms with Crippen LogP contribution in [0.25, 0.3) is 0 Å². The number of hydrogen-bond donors (Lipinski definition) is 1. The summed E-state index contributed by atoms with van der Waals surface area (Å²) < 4.78 is 23.6. The molecule has 1 aliphatic heterocycles. The van der Waals surface area contributed by atoms with E-state index >= 15 is 0 Å². The Kier molecular flexibility index (Phi) is 5.01. The standard InChI is InChI=1S/C17H24N4O2S/c1-13-5-3-7-18-16(13)12-21-8-4-6-14(11-21)9-15-17(10-19-20-15)24(2,22)23/h3,5,7,10,14H,4,6,8-9,11-12H2,1-2H3,(H,19,20)/t14-/m0/s1. The van der Waals surface area contributed by atoms with Crippen molar-refractivity contribution in [2.45, 2.75) is 37.6 Å². The molecule has 1 atom stereocenters. The van der Waals surface area contributed by atoms with Gasteiger partial charge in [0.05, 0.1) is 17.6 Å². The first kappa shape index (κ1) is 17.1. The molecule has 0 aromatic carbocycles. The van der Waals surface area contributed by atoms with E-state index in [-0.39, 0.29) is 0 Å². The van der Waals surface area contributed by atoms with Gasteiger partial charge in [-0.05, 0) is 50.3 Å². The quantitative estimate of drug-likeness (QED) is 0.894. The number of nitrogens with zero attached hydrogens (tertiary/aromatic N) is 3. The third kappa shape index (κ3) is 4.02. The van der Waals surface area contributed by atoms with Crippen LogP contribution in [-0.2, 0) is 22.8 Å². The van der Waals surface area contributed by atoms with Crippen LogP contribution in [0.3, 0.4) is 0 Å². The largest absolute Gasteiger partial charge is 0.297 e. The van der Waals surface area contributed by atoms with Gasteiger partial charge in [0.2, 0.25) is 0 Å². The Morgan fingerprint density at radius 3 is 3.00 bits per heavy atom. The number of nitrogens with one attached hydrogen (secondary N) is 1. The number of pyridine rings is 1. The van der Waals surface area contributed by atoms with Crippen LogP contribution in [0.5, 0.6) is 0 Å². The molecule has 7 heteroatoms. The Balaban J connectivity index is 1.66. The molecule has 1 aliphatic rings. The number of aromatic nitrogens is 3. The van der Waals surface area contributed by atoms with Crippen LogP contribution >= 0.6 is 0 Å². The SMILES string of the molecule is Cc1cccnc1CN1CCC[C@@H](Cc2[nH]ncc2S(C)(=O)=O)C1. The van der Waals surface area contributed by atoms with Crippen molar-refractivity contribution in [2.75, 3.05) is 19.3 Å². The zero-order valence-corrected chi connectivity index (χ0v) is 15.0. The summed E-state index contributed by atoms with van der Waals surface area (Å²) in [5.41, 5.74) is 3.07. The smallest absolute Gasteiger partial charge is 0.178 e. The van der Waals surface area contributed by atoms with Gasteiger partial charge in [0.25, 0.3) is 0 Å². The highest BCUT2D eigenvalue weighted by atomic mass is 32.2. The minimum absolute atomic E-state index is 0.334. The normalized spacial score (nSPS) is 19.5. The molecule has 3 rings (SSSR count). The van der Waals surface area contributed by atoms with Crippen LogP contribution in [0.2, 0.25) is 0 Å². The van der Waals surface area contributed by atoms with E-state index in [0.29, 0.717) is 10.8 Å². The van der Waals surface area contributed by atoms with Crippen LogP contribution in [0.1, 0.15) is 29.8 Å². The van der Waals surface area contributed by atoms with Gasteiger partial charge in [0, 0.05) is 25.5 Å². The maximum atomic E-state index is 11.8. The molecule has 1 fully saturated rings. The van der Waals surface area contributed by atoms with Crippen LogP contribution < -0.4 is 0 Å². The number of likely N-dealkylation sites (tertiary alicyclic amines) is 1. The van der Waals surface area contributed by atoms with Gasteiger partial charge in [0.1, 0.15) is 4.90 Å². The van der Waals surface area contributed by atoms with Gasteiger partial charge in [0.15, 0.2) is 9.84 Å². The van der Waals surface area contributed by atoms with Crippen molar-refractivity contribution in [3.05, 3.63) is 41.5 Å². The number of aryl methyl sites for hydroxylation is 1. The number of piperidine rings is 1. The van der Waals surface area contributed by atoms with Crippen LogP contribution in [0, 0.1) is 12.8 Å². The molecule has 2 aromatic rings. The van der Waals surface area contributed by atoms with E-state index in [0.717, 1.165) is 50.3 Å². The predicted molar refractivity (Wildman–Crippen MR) is 92.4 cm³/mol. The Labute approximate surface area is 143 Å². The molecule has 0 unspecified atom stereocenters. The summed E-state index contributed by atoms with van der Waals surface area (Å²) in [5.74, 6) is 0.434. The van der Waals surface area contributed by atoms with E-state index < -0.39 is 9.84 Å². The molecule has 0 radical (unpaired) electrons. The van der Waals surface area contributed by atoms with Crippen molar-refractivity contribution in [3.8, 4) is 0 Å². The average molecular weight is 348 g/mol. The summed E-state index contributed by atoms with van der Waals surface area (Å²) in [7, 11) is -3.23. The van der Waals surface area contributed by atoms with Gasteiger partial charge in [-0.25, -0.2) is 8.42 Å². The van der Waals surface area contributed by atoms with Crippen molar-refractivity contribution in [2.24, 2.45) is 5.92 Å². The zero-order chi connectivity index (χ0) is 17.2. The highest BCUT2D eigenvalue weighted by Crippen LogP contribution is 2.24. The molecule has 1 saturated heterocycles. The fourth-order valence-electron chi connectivity index (χ4n) is 3.41. The second-order valence-corrected chi connectivity index (χ2v) is 8.68. The second-order valence-electron chi connectivity index (χ2n) is 6.70. The Morgan fingerprint density at radius 1 is 1.42 bits per heavy atom. The Morgan fingerprint density at radius 2 is 2.25 bits per heavy atom. The van der Waals surface area contributed by atoms with Gasteiger partial charge in [-0.15, -0.1) is 0 Å². The minimum atomic E-state index is -3.23. The topological polar surface area (TPSA) is 79.0 Å². The lowest BCUT2D eigenvalue weighted by Crippen LogP contribution is -2.36. The van der Waals surface area contributed by atoms with E-state index in [9.17, 15) is 8.42 Å². The van der Waals surface area contributed by atoms with Gasteiger partial charge >= 0.3 is 0 Å². The lowest BCUT2D eigenvalue weighted by Gasteiger charge is -2.32. The van der Waals surface area contributed by atoms with Crippen LogP contribution in [0.4, 0.5) is 0 Å². The van der Waals surface area contributed by atoms with Crippen molar-refractivity contribution in [3.63, 3.8) is 0 Å². The lowest BCUT2D eigenvalue weighted by atomic mass is 9.93. The monoisotopic (exact) mass is 348 g/mol. The van der Waals surface area contributed by atoms with E-state index in [1.807, 2.05) is 12.3 Å². The maximum absolute atomic E-state index is 11.8. The number of rotatable bonds is 5. The Bertz CT molecular complexity index is 800. The zero-order valence-electron chi connectivity index (χ0n) is 14.2. The fourth-order valence-corrected chi connectivity index (χ4v) is 4.23. The van der Waals surface area contributed by atoms with Crippen LogP contribution in [0.15, 0.2) is 29.4 Å². The van der Waals surface area contributed by atoms with Gasteiger partial charge < -0.3 is 0 Å². The van der Waals surface area contributed by atoms with E-state index in [1.165, 1.54) is 18.0 Å². The van der Waals surface area contributed by atoms with Gasteiger partial charge in [-0.3, -0.25) is 15.0 Å². The fraction of sp³-hybridized carbons (Fsp3) is 0.529. The van der Waals surface area contributed by atoms with Gasteiger partial charge in [-0.2, -0.15) is 5.10 Å². The predicted octanol–water partition coefficient (Wildman–Crippen LogP) is 1.97. The summed E-state index contributed by atoms with van der Waals surface area (Å²) >= 11 is 0. The van der Waals surface area contributed by atoms with Gasteiger partial charge in [-0.1, -0.05) is 6.07 Å². The summed E-state index contributed by atoms with van der Waals surface area (Å²) in [4.78, 5) is 7.23. The summed E-state index contributed by atoms with van der Waals surface area (Å²) in [6.45, 7) is 4.96. The Hall–Kier alpha value is -1.73. The van der Waals surface area contributed by atoms with Crippen molar-refractivity contribution < 1.29 is 8.42 Å². The second kappa shape index (κ2) is 7.03. The van der Waals surface area contributed by atoms with Crippen LogP contribution in [-0.4, -0.2) is 47.8 Å². The maximum Gasteiger partial charge on any atom is 0.178 e. The highest BCUT2D eigenvalue weighted by Gasteiger charge is 2.24. The molecule has 0 bridgehead atoms. The third-order valence-electron chi connectivity index (χ3n) is 4.67. The summed E-state index contributed by atoms with van der Waals surface area (Å²) in [6.07, 6.45) is 7.45. The van der Waals surface area contributed by atoms with Crippen molar-refractivity contribution in [1.29, 1.82) is 0 Å². The summed E-state index contributed by atoms with van der Waals surface area (Å²) in [6, 6.07) is 4.05. The molecular formula is C17H24N4O2S. The average Bonchev–Trinajstić information content (AvgIpc) is 2.98. The molecule has 24 heavy (non-hydrogen) atoms. The molecule has 6 nitrogen and oxygen atoms in total.